The molecule has 9 heavy (non-hydrogen) atoms. The van der Waals surface area contributed by atoms with Crippen LogP contribution in [0.1, 0.15) is 5.56 Å². The van der Waals surface area contributed by atoms with Crippen molar-refractivity contribution in [2.45, 2.75) is 0 Å². The minimum atomic E-state index is 1.16. The first-order valence-corrected chi connectivity index (χ1v) is 2.90. The van der Waals surface area contributed by atoms with Gasteiger partial charge in [0.15, 0.2) is 12.4 Å². The van der Waals surface area contributed by atoms with Crippen molar-refractivity contribution in [3.05, 3.63) is 36.7 Å². The van der Waals surface area contributed by atoms with Crippen molar-refractivity contribution in [3.63, 3.8) is 0 Å². The monoisotopic (exact) mass is 120 g/mol. The Balaban J connectivity index is 3.01. The lowest BCUT2D eigenvalue weighted by molar-refractivity contribution is -0.671. The first-order valence-electron chi connectivity index (χ1n) is 2.90. The van der Waals surface area contributed by atoms with Crippen LogP contribution in [-0.4, -0.2) is 0 Å². The lowest BCUT2D eigenvalue weighted by atomic mass is 10.3. The summed E-state index contributed by atoms with van der Waals surface area (Å²) in [6.45, 7) is 3.65. The van der Waals surface area contributed by atoms with Crippen LogP contribution >= 0.6 is 0 Å². The highest BCUT2D eigenvalue weighted by molar-refractivity contribution is 5.44. The van der Waals surface area contributed by atoms with E-state index in [0.29, 0.717) is 0 Å². The van der Waals surface area contributed by atoms with Gasteiger partial charge in [0.05, 0.1) is 0 Å². The van der Waals surface area contributed by atoms with Crippen LogP contribution in [0.3, 0.4) is 0 Å². The predicted molar refractivity (Wildman–Crippen MR) is 37.7 cm³/mol. The molecule has 1 nitrogen and oxygen atoms in total. The second-order valence-electron chi connectivity index (χ2n) is 2.00. The smallest absolute Gasteiger partial charge is 0.169 e. The molecule has 0 bridgehead atoms. The quantitative estimate of drug-likeness (QED) is 0.489. The molecule has 0 aliphatic heterocycles. The van der Waals surface area contributed by atoms with Crippen molar-refractivity contribution in [2.75, 3.05) is 0 Å². The summed E-state index contributed by atoms with van der Waals surface area (Å²) in [5, 5.41) is 0. The fourth-order valence-corrected chi connectivity index (χ4v) is 0.649. The Kier molecular flexibility index (Phi) is 1.63. The molecule has 1 heterocycles. The molecular weight excluding hydrogens is 110 g/mol. The van der Waals surface area contributed by atoms with Gasteiger partial charge in [-0.05, 0) is 5.56 Å². The van der Waals surface area contributed by atoms with Crippen molar-refractivity contribution in [1.82, 2.24) is 0 Å². The normalized spacial score (nSPS) is 9.00. The number of hydrogen-bond donors (Lipinski definition) is 0. The second-order valence-corrected chi connectivity index (χ2v) is 2.00. The van der Waals surface area contributed by atoms with Crippen LogP contribution in [0.4, 0.5) is 0 Å². The van der Waals surface area contributed by atoms with E-state index in [4.69, 9.17) is 0 Å². The molecule has 0 saturated carbocycles. The summed E-state index contributed by atoms with van der Waals surface area (Å²) >= 11 is 0. The minimum Gasteiger partial charge on any atom is -0.208 e. The zero-order valence-electron chi connectivity index (χ0n) is 5.54. The van der Waals surface area contributed by atoms with E-state index in [1.54, 1.807) is 0 Å². The molecule has 0 aliphatic rings. The molecule has 1 heteroatoms. The van der Waals surface area contributed by atoms with Crippen molar-refractivity contribution in [3.8, 4) is 0 Å². The maximum Gasteiger partial charge on any atom is 0.169 e. The number of aromatic nitrogens is 1. The second kappa shape index (κ2) is 2.44. The van der Waals surface area contributed by atoms with Crippen molar-refractivity contribution < 1.29 is 4.57 Å². The molecule has 0 amide bonds. The summed E-state index contributed by atoms with van der Waals surface area (Å²) in [4.78, 5) is 0. The van der Waals surface area contributed by atoms with E-state index in [1.165, 1.54) is 0 Å². The molecule has 0 atom stereocenters. The third-order valence-electron chi connectivity index (χ3n) is 1.24. The highest BCUT2D eigenvalue weighted by Gasteiger charge is 1.87. The molecule has 1 aromatic rings. The number of aryl methyl sites for hydroxylation is 1. The fourth-order valence-electron chi connectivity index (χ4n) is 0.649. The average molecular weight is 120 g/mol. The topological polar surface area (TPSA) is 3.88 Å². The van der Waals surface area contributed by atoms with E-state index in [9.17, 15) is 0 Å². The van der Waals surface area contributed by atoms with Crippen molar-refractivity contribution >= 4 is 6.08 Å². The summed E-state index contributed by atoms with van der Waals surface area (Å²) in [5.41, 5.74) is 1.16. The third-order valence-corrected chi connectivity index (χ3v) is 1.24. The standard InChI is InChI=1S/C8H10N/c1-3-8-4-6-9(2)7-5-8/h3-7H,1H2,2H3/q+1. The fraction of sp³-hybridized carbons (Fsp3) is 0.125. The van der Waals surface area contributed by atoms with Gasteiger partial charge in [-0.3, -0.25) is 0 Å². The first-order chi connectivity index (χ1) is 4.33. The zero-order chi connectivity index (χ0) is 6.69. The molecule has 0 fully saturated rings. The summed E-state index contributed by atoms with van der Waals surface area (Å²) in [7, 11) is 1.99. The van der Waals surface area contributed by atoms with Crippen molar-refractivity contribution in [1.29, 1.82) is 0 Å². The van der Waals surface area contributed by atoms with E-state index >= 15 is 0 Å². The minimum absolute atomic E-state index is 1.16. The van der Waals surface area contributed by atoms with Gasteiger partial charge >= 0.3 is 0 Å². The van der Waals surface area contributed by atoms with Gasteiger partial charge in [0.25, 0.3) is 0 Å². The van der Waals surface area contributed by atoms with Gasteiger partial charge in [0.1, 0.15) is 7.05 Å². The van der Waals surface area contributed by atoms with E-state index in [-0.39, 0.29) is 0 Å². The van der Waals surface area contributed by atoms with E-state index in [1.807, 2.05) is 42.2 Å². The molecule has 1 aromatic heterocycles. The SMILES string of the molecule is C=Cc1cc[n+](C)cc1. The van der Waals surface area contributed by atoms with Crippen molar-refractivity contribution in [2.24, 2.45) is 7.05 Å². The Hall–Kier alpha value is -1.11. The van der Waals surface area contributed by atoms with Gasteiger partial charge in [-0.2, -0.15) is 0 Å². The van der Waals surface area contributed by atoms with Gasteiger partial charge in [-0.1, -0.05) is 12.7 Å². The highest BCUT2D eigenvalue weighted by Crippen LogP contribution is 1.94. The number of nitrogens with zero attached hydrogens (tertiary/aromatic N) is 1. The van der Waals surface area contributed by atoms with Gasteiger partial charge in [0, 0.05) is 12.1 Å². The molecule has 0 unspecified atom stereocenters. The Morgan fingerprint density at radius 3 is 2.44 bits per heavy atom. The molecule has 0 saturated heterocycles. The van der Waals surface area contributed by atoms with Gasteiger partial charge in [-0.25, -0.2) is 4.57 Å². The van der Waals surface area contributed by atoms with Crippen LogP contribution in [-0.2, 0) is 7.05 Å². The Labute approximate surface area is 55.3 Å². The predicted octanol–water partition coefficient (Wildman–Crippen LogP) is 1.15. The Morgan fingerprint density at radius 2 is 2.00 bits per heavy atom. The first kappa shape index (κ1) is 6.02. The van der Waals surface area contributed by atoms with Crippen LogP contribution in [0.25, 0.3) is 6.08 Å². The molecule has 0 N–H and O–H groups in total. The Morgan fingerprint density at radius 1 is 1.44 bits per heavy atom. The van der Waals surface area contributed by atoms with Gasteiger partial charge < -0.3 is 0 Å². The van der Waals surface area contributed by atoms with E-state index in [0.717, 1.165) is 5.56 Å². The zero-order valence-corrected chi connectivity index (χ0v) is 5.54. The summed E-state index contributed by atoms with van der Waals surface area (Å²) in [6.07, 6.45) is 5.83. The molecular formula is C8H10N+. The maximum atomic E-state index is 3.65. The van der Waals surface area contributed by atoms with Crippen LogP contribution in [0.15, 0.2) is 31.1 Å². The van der Waals surface area contributed by atoms with E-state index in [2.05, 4.69) is 6.58 Å². The summed E-state index contributed by atoms with van der Waals surface area (Å²) in [5.74, 6) is 0. The van der Waals surface area contributed by atoms with Crippen LogP contribution < -0.4 is 4.57 Å². The largest absolute Gasteiger partial charge is 0.208 e. The van der Waals surface area contributed by atoms with Crippen LogP contribution in [0.2, 0.25) is 0 Å². The number of rotatable bonds is 1. The van der Waals surface area contributed by atoms with Crippen LogP contribution in [0.5, 0.6) is 0 Å². The van der Waals surface area contributed by atoms with Gasteiger partial charge in [0.2, 0.25) is 0 Å². The number of hydrogen-bond acceptors (Lipinski definition) is 0. The molecule has 0 aliphatic carbocycles. The highest BCUT2D eigenvalue weighted by atomic mass is 14.9. The third kappa shape index (κ3) is 1.39. The van der Waals surface area contributed by atoms with Gasteiger partial charge in [-0.15, -0.1) is 0 Å². The van der Waals surface area contributed by atoms with Crippen LogP contribution in [0, 0.1) is 0 Å². The Bertz CT molecular complexity index is 198. The van der Waals surface area contributed by atoms with E-state index < -0.39 is 0 Å². The maximum absolute atomic E-state index is 3.65. The lowest BCUT2D eigenvalue weighted by Gasteiger charge is -1.86. The molecule has 1 rings (SSSR count). The number of pyridine rings is 1. The average Bonchev–Trinajstić information content (AvgIpc) is 1.90. The summed E-state index contributed by atoms with van der Waals surface area (Å²) in [6, 6.07) is 4.04. The molecule has 46 valence electrons. The molecule has 0 radical (unpaired) electrons. The molecule has 0 spiro atoms. The molecule has 0 aromatic carbocycles. The summed E-state index contributed by atoms with van der Waals surface area (Å²) < 4.78 is 1.99. The lowest BCUT2D eigenvalue weighted by Crippen LogP contribution is -2.25.